The second-order valence-corrected chi connectivity index (χ2v) is 6.05. The third kappa shape index (κ3) is 2.44. The molecule has 1 aliphatic rings. The van der Waals surface area contributed by atoms with Gasteiger partial charge in [0.05, 0.1) is 6.61 Å². The molecule has 2 N–H and O–H groups in total. The highest BCUT2D eigenvalue weighted by Gasteiger charge is 2.24. The lowest BCUT2D eigenvalue weighted by Gasteiger charge is -2.18. The van der Waals surface area contributed by atoms with Gasteiger partial charge in [0.25, 0.3) is 0 Å². The lowest BCUT2D eigenvalue weighted by atomic mass is 10.2. The van der Waals surface area contributed by atoms with Crippen molar-refractivity contribution >= 4 is 23.1 Å². The van der Waals surface area contributed by atoms with Crippen LogP contribution in [0.5, 0.6) is 0 Å². The van der Waals surface area contributed by atoms with E-state index in [9.17, 15) is 0 Å². The third-order valence-corrected chi connectivity index (χ3v) is 4.63. The first kappa shape index (κ1) is 12.2. The van der Waals surface area contributed by atoms with Crippen LogP contribution in [0.3, 0.4) is 0 Å². The molecule has 0 saturated carbocycles. The zero-order chi connectivity index (χ0) is 12.4. The van der Waals surface area contributed by atoms with E-state index in [1.165, 1.54) is 0 Å². The van der Waals surface area contributed by atoms with Gasteiger partial charge >= 0.3 is 0 Å². The largest absolute Gasteiger partial charge is 0.368 e. The Hall–Kier alpha value is -0.890. The van der Waals surface area contributed by atoms with E-state index in [1.54, 1.807) is 11.3 Å². The molecule has 18 heavy (non-hydrogen) atoms. The molecule has 0 aliphatic carbocycles. The molecule has 0 radical (unpaired) electrons. The first-order chi connectivity index (χ1) is 8.84. The van der Waals surface area contributed by atoms with Crippen LogP contribution in [-0.2, 0) is 4.74 Å². The summed E-state index contributed by atoms with van der Waals surface area (Å²) in [6.45, 7) is 0.732. The zero-order valence-electron chi connectivity index (χ0n) is 9.61. The Morgan fingerprint density at radius 1 is 1.50 bits per heavy atom. The Morgan fingerprint density at radius 3 is 3.17 bits per heavy atom. The lowest BCUT2D eigenvalue weighted by Crippen LogP contribution is -2.17. The van der Waals surface area contributed by atoms with Crippen molar-refractivity contribution in [2.24, 2.45) is 5.73 Å². The molecule has 1 aliphatic heterocycles. The average Bonchev–Trinajstić information content (AvgIpc) is 3.10. The van der Waals surface area contributed by atoms with Gasteiger partial charge in [-0.25, -0.2) is 0 Å². The molecule has 3 heterocycles. The molecule has 0 aromatic carbocycles. The summed E-state index contributed by atoms with van der Waals surface area (Å²) in [5, 5.41) is 5.95. The fraction of sp³-hybridized carbons (Fsp3) is 0.455. The van der Waals surface area contributed by atoms with E-state index in [2.05, 4.69) is 10.1 Å². The van der Waals surface area contributed by atoms with E-state index >= 15 is 0 Å². The van der Waals surface area contributed by atoms with Crippen molar-refractivity contribution in [2.45, 2.75) is 12.1 Å². The monoisotopic (exact) mass is 283 g/mol. The van der Waals surface area contributed by atoms with Crippen molar-refractivity contribution in [3.63, 3.8) is 0 Å². The summed E-state index contributed by atoms with van der Waals surface area (Å²) in [6, 6.07) is 3.58. The molecular formula is C11H13N3O2S2. The normalized spacial score (nSPS) is 21.9. The average molecular weight is 283 g/mol. The first-order valence-electron chi connectivity index (χ1n) is 5.66. The van der Waals surface area contributed by atoms with E-state index in [1.807, 2.05) is 29.3 Å². The van der Waals surface area contributed by atoms with Crippen LogP contribution in [0.15, 0.2) is 22.0 Å². The Morgan fingerprint density at radius 2 is 2.44 bits per heavy atom. The minimum absolute atomic E-state index is 0.0724. The number of aromatic nitrogens is 2. The van der Waals surface area contributed by atoms with Crippen LogP contribution in [0.1, 0.15) is 28.7 Å². The van der Waals surface area contributed by atoms with Crippen molar-refractivity contribution < 1.29 is 9.26 Å². The van der Waals surface area contributed by atoms with Gasteiger partial charge in [0.15, 0.2) is 0 Å². The van der Waals surface area contributed by atoms with Crippen molar-refractivity contribution in [3.8, 4) is 0 Å². The van der Waals surface area contributed by atoms with E-state index in [0.29, 0.717) is 11.7 Å². The molecule has 3 rings (SSSR count). The maximum Gasteiger partial charge on any atom is 0.249 e. The Bertz CT molecular complexity index is 494. The highest BCUT2D eigenvalue weighted by atomic mass is 32.2. The van der Waals surface area contributed by atoms with Gasteiger partial charge in [-0.15, -0.1) is 11.3 Å². The van der Waals surface area contributed by atoms with E-state index in [0.717, 1.165) is 23.0 Å². The molecular weight excluding hydrogens is 270 g/mol. The molecule has 1 fully saturated rings. The van der Waals surface area contributed by atoms with E-state index in [4.69, 9.17) is 15.0 Å². The zero-order valence-corrected chi connectivity index (χ0v) is 11.2. The molecule has 0 amide bonds. The quantitative estimate of drug-likeness (QED) is 0.928. The van der Waals surface area contributed by atoms with Gasteiger partial charge in [-0.05, 0) is 11.4 Å². The van der Waals surface area contributed by atoms with Crippen LogP contribution in [0.4, 0.5) is 0 Å². The number of thioether (sulfide) groups is 1. The van der Waals surface area contributed by atoms with Crippen LogP contribution in [0.25, 0.3) is 0 Å². The predicted octanol–water partition coefficient (Wildman–Crippen LogP) is 1.98. The summed E-state index contributed by atoms with van der Waals surface area (Å²) < 4.78 is 10.8. The van der Waals surface area contributed by atoms with Crippen LogP contribution in [-0.4, -0.2) is 28.3 Å². The van der Waals surface area contributed by atoms with Gasteiger partial charge in [-0.2, -0.15) is 16.7 Å². The maximum absolute atomic E-state index is 6.07. The lowest BCUT2D eigenvalue weighted by molar-refractivity contribution is 0.0677. The highest BCUT2D eigenvalue weighted by molar-refractivity contribution is 7.99. The molecule has 5 nitrogen and oxygen atoms in total. The molecule has 7 heteroatoms. The topological polar surface area (TPSA) is 74.2 Å². The number of nitrogens with two attached hydrogens (primary N) is 1. The third-order valence-electron chi connectivity index (χ3n) is 2.68. The standard InChI is InChI=1S/C11H13N3O2S2/c12-9(8-2-1-4-18-8)11-13-10(14-16-11)7-6-17-5-3-15-7/h1-2,4,7,9H,3,5-6,12H2. The van der Waals surface area contributed by atoms with E-state index < -0.39 is 0 Å². The van der Waals surface area contributed by atoms with Crippen LogP contribution in [0, 0.1) is 0 Å². The molecule has 2 unspecified atom stereocenters. The summed E-state index contributed by atoms with van der Waals surface area (Å²) in [4.78, 5) is 5.37. The number of hydrogen-bond donors (Lipinski definition) is 1. The van der Waals surface area contributed by atoms with Crippen molar-refractivity contribution in [1.29, 1.82) is 0 Å². The van der Waals surface area contributed by atoms with Crippen molar-refractivity contribution in [3.05, 3.63) is 34.1 Å². The fourth-order valence-corrected chi connectivity index (χ4v) is 3.29. The van der Waals surface area contributed by atoms with Gasteiger partial charge in [0.2, 0.25) is 11.7 Å². The molecule has 0 bridgehead atoms. The van der Waals surface area contributed by atoms with Gasteiger partial charge in [0.1, 0.15) is 12.1 Å². The highest BCUT2D eigenvalue weighted by Crippen LogP contribution is 2.27. The summed E-state index contributed by atoms with van der Waals surface area (Å²) >= 11 is 3.42. The van der Waals surface area contributed by atoms with Crippen LogP contribution < -0.4 is 5.73 Å². The van der Waals surface area contributed by atoms with Gasteiger partial charge in [-0.3, -0.25) is 0 Å². The number of ether oxygens (including phenoxy) is 1. The van der Waals surface area contributed by atoms with Crippen LogP contribution >= 0.6 is 23.1 Å². The number of hydrogen-bond acceptors (Lipinski definition) is 7. The molecule has 96 valence electrons. The van der Waals surface area contributed by atoms with Crippen molar-refractivity contribution in [2.75, 3.05) is 18.1 Å². The molecule has 2 aromatic rings. The molecule has 2 aromatic heterocycles. The molecule has 2 atom stereocenters. The first-order valence-corrected chi connectivity index (χ1v) is 7.70. The summed E-state index contributed by atoms with van der Waals surface area (Å²) in [5.74, 6) is 2.94. The van der Waals surface area contributed by atoms with Gasteiger partial charge < -0.3 is 15.0 Å². The van der Waals surface area contributed by atoms with Crippen molar-refractivity contribution in [1.82, 2.24) is 10.1 Å². The Kier molecular flexibility index (Phi) is 3.64. The number of rotatable bonds is 3. The van der Waals surface area contributed by atoms with Gasteiger partial charge in [0, 0.05) is 16.4 Å². The second kappa shape index (κ2) is 5.40. The SMILES string of the molecule is NC(c1nc(C2CSCCO2)no1)c1cccs1. The smallest absolute Gasteiger partial charge is 0.249 e. The van der Waals surface area contributed by atoms with Crippen LogP contribution in [0.2, 0.25) is 0 Å². The minimum Gasteiger partial charge on any atom is -0.368 e. The van der Waals surface area contributed by atoms with E-state index in [-0.39, 0.29) is 12.1 Å². The van der Waals surface area contributed by atoms with Gasteiger partial charge in [-0.1, -0.05) is 11.2 Å². The Balaban J connectivity index is 1.76. The molecule has 0 spiro atoms. The predicted molar refractivity (Wildman–Crippen MR) is 70.7 cm³/mol. The molecule has 1 saturated heterocycles. The minimum atomic E-state index is -0.345. The summed E-state index contributed by atoms with van der Waals surface area (Å²) in [7, 11) is 0. The second-order valence-electron chi connectivity index (χ2n) is 3.92. The summed E-state index contributed by atoms with van der Waals surface area (Å²) in [5.41, 5.74) is 6.07. The Labute approximate surface area is 113 Å². The summed E-state index contributed by atoms with van der Waals surface area (Å²) in [6.07, 6.45) is -0.0724. The maximum atomic E-state index is 6.07. The number of thiophene rings is 1. The number of nitrogens with zero attached hydrogens (tertiary/aromatic N) is 2. The fourth-order valence-electron chi connectivity index (χ4n) is 1.73.